The summed E-state index contributed by atoms with van der Waals surface area (Å²) in [5.74, 6) is 1.24. The van der Waals surface area contributed by atoms with Gasteiger partial charge in [0.15, 0.2) is 0 Å². The van der Waals surface area contributed by atoms with Crippen molar-refractivity contribution in [3.8, 4) is 11.4 Å². The molecule has 1 N–H and O–H groups in total. The SMILES string of the molecule is O=C(c1ccc(-c2noc(CC(I)(I)I)n2)cc1)N1CCNCC1. The number of nitrogens with one attached hydrogen (secondary N) is 1. The number of halogens is 3. The van der Waals surface area contributed by atoms with E-state index in [1.807, 2.05) is 29.2 Å². The van der Waals surface area contributed by atoms with E-state index in [0.29, 0.717) is 23.7 Å². The lowest BCUT2D eigenvalue weighted by atomic mass is 10.1. The molecule has 9 heteroatoms. The van der Waals surface area contributed by atoms with Crippen LogP contribution >= 0.6 is 67.8 Å². The fraction of sp³-hybridized carbons (Fsp3) is 0.400. The summed E-state index contributed by atoms with van der Waals surface area (Å²) in [6.45, 7) is 3.20. The summed E-state index contributed by atoms with van der Waals surface area (Å²) >= 11 is 7.01. The smallest absolute Gasteiger partial charge is 0.253 e. The Balaban J connectivity index is 1.71. The van der Waals surface area contributed by atoms with Crippen LogP contribution in [0, 0.1) is 0 Å². The fourth-order valence-electron chi connectivity index (χ4n) is 2.43. The summed E-state index contributed by atoms with van der Waals surface area (Å²) in [4.78, 5) is 18.8. The predicted octanol–water partition coefficient (Wildman–Crippen LogP) is 3.28. The molecule has 0 saturated carbocycles. The van der Waals surface area contributed by atoms with Gasteiger partial charge in [0, 0.05) is 37.3 Å². The van der Waals surface area contributed by atoms with Gasteiger partial charge in [-0.25, -0.2) is 0 Å². The Labute approximate surface area is 180 Å². The van der Waals surface area contributed by atoms with Gasteiger partial charge in [0.1, 0.15) is -0.565 Å². The largest absolute Gasteiger partial charge is 0.339 e. The van der Waals surface area contributed by atoms with Gasteiger partial charge in [-0.15, -0.1) is 0 Å². The molecular weight excluding hydrogens is 649 g/mol. The number of alkyl halides is 3. The van der Waals surface area contributed by atoms with Crippen LogP contribution in [0.1, 0.15) is 16.2 Å². The Morgan fingerprint density at radius 2 is 1.88 bits per heavy atom. The van der Waals surface area contributed by atoms with Gasteiger partial charge in [-0.1, -0.05) is 85.1 Å². The number of hydrogen-bond acceptors (Lipinski definition) is 5. The standard InChI is InChI=1S/C15H15I3N4O2/c16-15(17,18)9-12-20-13(21-24-12)10-1-3-11(4-2-10)14(23)22-7-5-19-6-8-22/h1-4,19H,5-9H2. The van der Waals surface area contributed by atoms with Crippen LogP contribution in [-0.2, 0) is 6.42 Å². The van der Waals surface area contributed by atoms with E-state index < -0.39 is 0 Å². The summed E-state index contributed by atoms with van der Waals surface area (Å²) in [5.41, 5.74) is 1.54. The highest BCUT2D eigenvalue weighted by atomic mass is 127. The summed E-state index contributed by atoms with van der Waals surface area (Å²) < 4.78 is 5.32. The molecule has 0 spiro atoms. The molecule has 1 aromatic carbocycles. The Morgan fingerprint density at radius 3 is 2.50 bits per heavy atom. The first-order valence-corrected chi connectivity index (χ1v) is 10.7. The van der Waals surface area contributed by atoms with E-state index in [-0.39, 0.29) is 5.34 Å². The normalized spacial score (nSPS) is 15.5. The van der Waals surface area contributed by atoms with Gasteiger partial charge in [0.25, 0.3) is 5.91 Å². The van der Waals surface area contributed by atoms with Crippen LogP contribution in [0.4, 0.5) is 0 Å². The minimum atomic E-state index is 0.0106. The molecule has 0 atom stereocenters. The molecule has 2 heterocycles. The number of carbonyl (C=O) groups excluding carboxylic acids is 1. The van der Waals surface area contributed by atoms with Crippen molar-refractivity contribution >= 4 is 73.7 Å². The van der Waals surface area contributed by atoms with E-state index in [9.17, 15) is 4.79 Å². The number of hydrogen-bond donors (Lipinski definition) is 1. The van der Waals surface area contributed by atoms with Crippen LogP contribution in [-0.4, -0.2) is 46.6 Å². The van der Waals surface area contributed by atoms with Crippen molar-refractivity contribution < 1.29 is 9.32 Å². The van der Waals surface area contributed by atoms with E-state index in [1.54, 1.807) is 0 Å². The van der Waals surface area contributed by atoms with E-state index in [4.69, 9.17) is 4.52 Å². The third kappa shape index (κ3) is 5.00. The van der Waals surface area contributed by atoms with Crippen molar-refractivity contribution in [1.82, 2.24) is 20.4 Å². The monoisotopic (exact) mass is 664 g/mol. The molecule has 0 aliphatic carbocycles. The van der Waals surface area contributed by atoms with Gasteiger partial charge in [-0.3, -0.25) is 4.79 Å². The van der Waals surface area contributed by atoms with Crippen LogP contribution in [0.5, 0.6) is 0 Å². The van der Waals surface area contributed by atoms with Crippen molar-refractivity contribution in [3.63, 3.8) is 0 Å². The molecule has 128 valence electrons. The molecule has 1 fully saturated rings. The second-order valence-corrected chi connectivity index (χ2v) is 17.1. The zero-order valence-electron chi connectivity index (χ0n) is 12.6. The third-order valence-corrected chi connectivity index (χ3v) is 4.76. The molecule has 0 unspecified atom stereocenters. The fourth-order valence-corrected chi connectivity index (χ4v) is 3.41. The lowest BCUT2D eigenvalue weighted by Crippen LogP contribution is -2.46. The Hall–Kier alpha value is -0.0200. The molecule has 1 saturated heterocycles. The maximum atomic E-state index is 12.5. The van der Waals surface area contributed by atoms with Gasteiger partial charge in [0.2, 0.25) is 11.7 Å². The average Bonchev–Trinajstić information content (AvgIpc) is 3.01. The van der Waals surface area contributed by atoms with Crippen molar-refractivity contribution in [2.75, 3.05) is 26.2 Å². The molecule has 1 amide bonds. The highest BCUT2D eigenvalue weighted by Crippen LogP contribution is 2.38. The number of nitrogens with zero attached hydrogens (tertiary/aromatic N) is 3. The van der Waals surface area contributed by atoms with E-state index in [0.717, 1.165) is 31.7 Å². The van der Waals surface area contributed by atoms with Crippen molar-refractivity contribution in [3.05, 3.63) is 35.7 Å². The Kier molecular flexibility index (Phi) is 6.35. The van der Waals surface area contributed by atoms with Crippen molar-refractivity contribution in [2.24, 2.45) is 0 Å². The quantitative estimate of drug-likeness (QED) is 0.402. The van der Waals surface area contributed by atoms with E-state index in [1.165, 1.54) is 0 Å². The number of rotatable bonds is 4. The molecule has 1 aromatic heterocycles. The lowest BCUT2D eigenvalue weighted by Gasteiger charge is -2.27. The van der Waals surface area contributed by atoms with Crippen molar-refractivity contribution in [2.45, 2.75) is 5.86 Å². The van der Waals surface area contributed by atoms with Crippen LogP contribution in [0.15, 0.2) is 28.8 Å². The third-order valence-electron chi connectivity index (χ3n) is 3.61. The molecule has 1 aliphatic heterocycles. The van der Waals surface area contributed by atoms with Gasteiger partial charge >= 0.3 is 0 Å². The first-order chi connectivity index (χ1) is 11.4. The number of amides is 1. The highest BCUT2D eigenvalue weighted by molar-refractivity contribution is 14.3. The van der Waals surface area contributed by atoms with Gasteiger partial charge in [-0.05, 0) is 12.1 Å². The van der Waals surface area contributed by atoms with Crippen LogP contribution in [0.3, 0.4) is 0 Å². The maximum Gasteiger partial charge on any atom is 0.253 e. The molecule has 2 aromatic rings. The minimum absolute atomic E-state index is 0.0106. The number of benzene rings is 1. The highest BCUT2D eigenvalue weighted by Gasteiger charge is 2.23. The van der Waals surface area contributed by atoms with Crippen LogP contribution in [0.2, 0.25) is 0 Å². The van der Waals surface area contributed by atoms with E-state index in [2.05, 4.69) is 83.2 Å². The summed E-state index contributed by atoms with van der Waals surface area (Å²) in [7, 11) is 0. The van der Waals surface area contributed by atoms with Gasteiger partial charge in [-0.2, -0.15) is 4.98 Å². The predicted molar refractivity (Wildman–Crippen MR) is 117 cm³/mol. The second-order valence-electron chi connectivity index (χ2n) is 5.42. The van der Waals surface area contributed by atoms with E-state index >= 15 is 0 Å². The molecule has 3 rings (SSSR count). The molecule has 6 nitrogen and oxygen atoms in total. The summed E-state index contributed by atoms with van der Waals surface area (Å²) in [6.07, 6.45) is 0.696. The van der Waals surface area contributed by atoms with Crippen molar-refractivity contribution in [1.29, 1.82) is 0 Å². The molecule has 0 radical (unpaired) electrons. The van der Waals surface area contributed by atoms with Crippen LogP contribution < -0.4 is 5.32 Å². The lowest BCUT2D eigenvalue weighted by molar-refractivity contribution is 0.0736. The zero-order valence-corrected chi connectivity index (χ0v) is 19.1. The molecule has 1 aliphatic rings. The number of piperazine rings is 1. The first kappa shape index (κ1) is 18.8. The molecule has 24 heavy (non-hydrogen) atoms. The van der Waals surface area contributed by atoms with Gasteiger partial charge in [0.05, 0.1) is 6.42 Å². The van der Waals surface area contributed by atoms with Gasteiger partial charge < -0.3 is 14.7 Å². The maximum absolute atomic E-state index is 12.5. The Morgan fingerprint density at radius 1 is 1.21 bits per heavy atom. The molecular formula is C15H15I3N4O2. The zero-order chi connectivity index (χ0) is 17.2. The summed E-state index contributed by atoms with van der Waals surface area (Å²) in [5, 5.41) is 7.28. The minimum Gasteiger partial charge on any atom is -0.339 e. The topological polar surface area (TPSA) is 71.3 Å². The Bertz CT molecular complexity index is 706. The number of carbonyl (C=O) groups is 1. The summed E-state index contributed by atoms with van der Waals surface area (Å²) in [6, 6.07) is 7.40. The molecule has 0 bridgehead atoms. The van der Waals surface area contributed by atoms with Crippen LogP contribution in [0.25, 0.3) is 11.4 Å². The average molecular weight is 664 g/mol. The number of aromatic nitrogens is 2. The first-order valence-electron chi connectivity index (χ1n) is 7.42. The second kappa shape index (κ2) is 8.12.